The summed E-state index contributed by atoms with van der Waals surface area (Å²) in [6.45, 7) is 3.84. The van der Waals surface area contributed by atoms with E-state index in [2.05, 4.69) is 10.0 Å². The largest absolute Gasteiger partial charge is 0.326 e. The highest BCUT2D eigenvalue weighted by atomic mass is 32.2. The summed E-state index contributed by atoms with van der Waals surface area (Å²) in [5.41, 5.74) is 2.63. The first-order valence-corrected chi connectivity index (χ1v) is 8.78. The molecule has 2 N–H and O–H groups in total. The number of benzene rings is 2. The predicted octanol–water partition coefficient (Wildman–Crippen LogP) is 2.61. The van der Waals surface area contributed by atoms with E-state index in [-0.39, 0.29) is 23.8 Å². The molecule has 0 aromatic heterocycles. The summed E-state index contributed by atoms with van der Waals surface area (Å²) in [5.74, 6) is -0.237. The van der Waals surface area contributed by atoms with Crippen molar-refractivity contribution < 1.29 is 13.2 Å². The van der Waals surface area contributed by atoms with Crippen molar-refractivity contribution in [1.82, 2.24) is 4.72 Å². The van der Waals surface area contributed by atoms with Crippen LogP contribution in [0.3, 0.4) is 0 Å². The van der Waals surface area contributed by atoms with Crippen molar-refractivity contribution in [3.05, 3.63) is 59.7 Å². The molecule has 2 aromatic carbocycles. The van der Waals surface area contributed by atoms with Crippen LogP contribution in [0.15, 0.2) is 53.4 Å². The van der Waals surface area contributed by atoms with Crippen molar-refractivity contribution in [2.45, 2.75) is 25.2 Å². The minimum absolute atomic E-state index is 0.0495. The van der Waals surface area contributed by atoms with Crippen LogP contribution in [0.5, 0.6) is 0 Å². The topological polar surface area (TPSA) is 75.3 Å². The number of carbonyl (C=O) groups is 1. The third kappa shape index (κ3) is 4.91. The minimum atomic E-state index is -3.60. The molecule has 1 amide bonds. The third-order valence-electron chi connectivity index (χ3n) is 3.49. The average Bonchev–Trinajstić information content (AvgIpc) is 2.50. The Bertz CT molecular complexity index is 787. The van der Waals surface area contributed by atoms with E-state index in [1.165, 1.54) is 0 Å². The standard InChI is InChI=1S/C17H20N2O3S/c1-13-8-9-16(12-14(13)2)23(21,22)18-11-10-17(20)19-15-6-4-3-5-7-15/h3-9,12,18H,10-11H2,1-2H3,(H,19,20). The van der Waals surface area contributed by atoms with Crippen molar-refractivity contribution in [3.63, 3.8) is 0 Å². The van der Waals surface area contributed by atoms with Crippen molar-refractivity contribution in [1.29, 1.82) is 0 Å². The second-order valence-corrected chi connectivity index (χ2v) is 7.07. The summed E-state index contributed by atoms with van der Waals surface area (Å²) in [7, 11) is -3.60. The Kier molecular flexibility index (Phi) is 5.52. The molecule has 0 aliphatic heterocycles. The maximum Gasteiger partial charge on any atom is 0.240 e. The van der Waals surface area contributed by atoms with Gasteiger partial charge in [-0.1, -0.05) is 24.3 Å². The van der Waals surface area contributed by atoms with E-state index in [9.17, 15) is 13.2 Å². The third-order valence-corrected chi connectivity index (χ3v) is 4.95. The first kappa shape index (κ1) is 17.2. The molecule has 2 aromatic rings. The number of nitrogens with one attached hydrogen (secondary N) is 2. The number of para-hydroxylation sites is 1. The Morgan fingerprint density at radius 2 is 1.70 bits per heavy atom. The lowest BCUT2D eigenvalue weighted by Gasteiger charge is -2.09. The minimum Gasteiger partial charge on any atom is -0.326 e. The van der Waals surface area contributed by atoms with Gasteiger partial charge in [0.15, 0.2) is 0 Å². The lowest BCUT2D eigenvalue weighted by Crippen LogP contribution is -2.28. The maximum atomic E-state index is 12.2. The molecule has 0 aliphatic rings. The van der Waals surface area contributed by atoms with Gasteiger partial charge in [-0.25, -0.2) is 13.1 Å². The van der Waals surface area contributed by atoms with Crippen LogP contribution in [0.4, 0.5) is 5.69 Å². The molecule has 0 atom stereocenters. The zero-order valence-corrected chi connectivity index (χ0v) is 14.0. The molecule has 0 unspecified atom stereocenters. The van der Waals surface area contributed by atoms with Gasteiger partial charge in [0.1, 0.15) is 0 Å². The molecule has 0 saturated heterocycles. The zero-order chi connectivity index (χ0) is 16.9. The molecular weight excluding hydrogens is 312 g/mol. The van der Waals surface area contributed by atoms with E-state index < -0.39 is 10.0 Å². The fourth-order valence-corrected chi connectivity index (χ4v) is 3.12. The molecule has 5 nitrogen and oxygen atoms in total. The zero-order valence-electron chi connectivity index (χ0n) is 13.2. The predicted molar refractivity (Wildman–Crippen MR) is 90.8 cm³/mol. The smallest absolute Gasteiger partial charge is 0.240 e. The van der Waals surface area contributed by atoms with Crippen LogP contribution < -0.4 is 10.0 Å². The Morgan fingerprint density at radius 3 is 2.35 bits per heavy atom. The van der Waals surface area contributed by atoms with Gasteiger partial charge in [0.05, 0.1) is 4.90 Å². The first-order chi connectivity index (χ1) is 10.9. The van der Waals surface area contributed by atoms with Crippen LogP contribution in [0.25, 0.3) is 0 Å². The average molecular weight is 332 g/mol. The van der Waals surface area contributed by atoms with Crippen molar-refractivity contribution in [3.8, 4) is 0 Å². The maximum absolute atomic E-state index is 12.2. The van der Waals surface area contributed by atoms with Crippen LogP contribution in [0.2, 0.25) is 0 Å². The summed E-state index contributed by atoms with van der Waals surface area (Å²) in [6.07, 6.45) is 0.0684. The number of rotatable bonds is 6. The van der Waals surface area contributed by atoms with E-state index in [1.54, 1.807) is 30.3 Å². The van der Waals surface area contributed by atoms with E-state index in [4.69, 9.17) is 0 Å². The van der Waals surface area contributed by atoms with Gasteiger partial charge in [0.25, 0.3) is 0 Å². The quantitative estimate of drug-likeness (QED) is 0.854. The summed E-state index contributed by atoms with van der Waals surface area (Å²) in [5, 5.41) is 2.71. The van der Waals surface area contributed by atoms with Gasteiger partial charge >= 0.3 is 0 Å². The van der Waals surface area contributed by atoms with Gasteiger partial charge < -0.3 is 5.32 Å². The number of sulfonamides is 1. The second-order valence-electron chi connectivity index (χ2n) is 5.31. The van der Waals surface area contributed by atoms with Gasteiger partial charge in [-0.3, -0.25) is 4.79 Å². The summed E-state index contributed by atoms with van der Waals surface area (Å²) in [4.78, 5) is 12.0. The molecule has 0 spiro atoms. The molecule has 23 heavy (non-hydrogen) atoms. The van der Waals surface area contributed by atoms with E-state index >= 15 is 0 Å². The highest BCUT2D eigenvalue weighted by Crippen LogP contribution is 2.14. The Morgan fingerprint density at radius 1 is 1.00 bits per heavy atom. The summed E-state index contributed by atoms with van der Waals surface area (Å²) >= 11 is 0. The fourth-order valence-electron chi connectivity index (χ4n) is 2.01. The lowest BCUT2D eigenvalue weighted by molar-refractivity contribution is -0.116. The number of amides is 1. The summed E-state index contributed by atoms with van der Waals surface area (Å²) in [6, 6.07) is 14.0. The van der Waals surface area contributed by atoms with E-state index in [0.29, 0.717) is 5.69 Å². The van der Waals surface area contributed by atoms with Crippen molar-refractivity contribution >= 4 is 21.6 Å². The van der Waals surface area contributed by atoms with Crippen LogP contribution in [0, 0.1) is 13.8 Å². The molecule has 0 fully saturated rings. The molecule has 6 heteroatoms. The Balaban J connectivity index is 1.89. The van der Waals surface area contributed by atoms with Gasteiger partial charge in [-0.05, 0) is 49.2 Å². The highest BCUT2D eigenvalue weighted by Gasteiger charge is 2.14. The van der Waals surface area contributed by atoms with Gasteiger partial charge in [-0.15, -0.1) is 0 Å². The molecule has 0 radical (unpaired) electrons. The highest BCUT2D eigenvalue weighted by molar-refractivity contribution is 7.89. The number of hydrogen-bond acceptors (Lipinski definition) is 3. The number of hydrogen-bond donors (Lipinski definition) is 2. The molecule has 0 saturated carbocycles. The first-order valence-electron chi connectivity index (χ1n) is 7.30. The molecule has 0 bridgehead atoms. The fraction of sp³-hybridized carbons (Fsp3) is 0.235. The molecule has 0 heterocycles. The number of aryl methyl sites for hydroxylation is 2. The second kappa shape index (κ2) is 7.39. The van der Waals surface area contributed by atoms with E-state index in [1.807, 2.05) is 32.0 Å². The van der Waals surface area contributed by atoms with Crippen LogP contribution in [-0.2, 0) is 14.8 Å². The molecular formula is C17H20N2O3S. The molecule has 122 valence electrons. The van der Waals surface area contributed by atoms with Crippen LogP contribution >= 0.6 is 0 Å². The normalized spacial score (nSPS) is 11.2. The van der Waals surface area contributed by atoms with Crippen molar-refractivity contribution in [2.75, 3.05) is 11.9 Å². The SMILES string of the molecule is Cc1ccc(S(=O)(=O)NCCC(=O)Nc2ccccc2)cc1C. The number of anilines is 1. The molecule has 0 aliphatic carbocycles. The van der Waals surface area contributed by atoms with Crippen LogP contribution in [-0.4, -0.2) is 20.9 Å². The Labute approximate surface area is 136 Å². The van der Waals surface area contributed by atoms with Gasteiger partial charge in [0, 0.05) is 18.7 Å². The Hall–Kier alpha value is -2.18. The molecule has 2 rings (SSSR count). The van der Waals surface area contributed by atoms with Crippen LogP contribution in [0.1, 0.15) is 17.5 Å². The van der Waals surface area contributed by atoms with Crippen molar-refractivity contribution in [2.24, 2.45) is 0 Å². The lowest BCUT2D eigenvalue weighted by atomic mass is 10.1. The monoisotopic (exact) mass is 332 g/mol. The van der Waals surface area contributed by atoms with Gasteiger partial charge in [-0.2, -0.15) is 0 Å². The van der Waals surface area contributed by atoms with Gasteiger partial charge in [0.2, 0.25) is 15.9 Å². The summed E-state index contributed by atoms with van der Waals surface area (Å²) < 4.78 is 26.8. The number of carbonyl (C=O) groups excluding carboxylic acids is 1. The van der Waals surface area contributed by atoms with E-state index in [0.717, 1.165) is 11.1 Å².